The van der Waals surface area contributed by atoms with Gasteiger partial charge >= 0.3 is 5.97 Å². The molecule has 0 unspecified atom stereocenters. The van der Waals surface area contributed by atoms with Crippen molar-refractivity contribution in [1.29, 1.82) is 0 Å². The monoisotopic (exact) mass is 231 g/mol. The standard InChI is InChI=1S/C13H13NO3/c1-2-9-7-11(12(14-9)13(16)17)8-4-3-5-10(15)6-8/h3-7,14-15H,2H2,1H3,(H,16,17). The number of hydrogen-bond acceptors (Lipinski definition) is 2. The Hall–Kier alpha value is -2.23. The first kappa shape index (κ1) is 11.3. The molecule has 0 aliphatic rings. The minimum atomic E-state index is -0.997. The highest BCUT2D eigenvalue weighted by Crippen LogP contribution is 2.27. The lowest BCUT2D eigenvalue weighted by Crippen LogP contribution is -1.99. The first-order valence-corrected chi connectivity index (χ1v) is 5.36. The van der Waals surface area contributed by atoms with Crippen LogP contribution in [0, 0.1) is 0 Å². The third-order valence-electron chi connectivity index (χ3n) is 2.63. The number of aryl methyl sites for hydroxylation is 1. The van der Waals surface area contributed by atoms with Crippen molar-refractivity contribution in [3.63, 3.8) is 0 Å². The number of rotatable bonds is 3. The molecular weight excluding hydrogens is 218 g/mol. The maximum absolute atomic E-state index is 11.1. The smallest absolute Gasteiger partial charge is 0.352 e. The zero-order chi connectivity index (χ0) is 12.4. The van der Waals surface area contributed by atoms with Crippen LogP contribution in [0.1, 0.15) is 23.1 Å². The van der Waals surface area contributed by atoms with E-state index >= 15 is 0 Å². The number of aromatic nitrogens is 1. The quantitative estimate of drug-likeness (QED) is 0.760. The van der Waals surface area contributed by atoms with Gasteiger partial charge in [-0.15, -0.1) is 0 Å². The highest BCUT2D eigenvalue weighted by molar-refractivity contribution is 5.94. The molecule has 0 amide bonds. The molecule has 0 fully saturated rings. The van der Waals surface area contributed by atoms with Gasteiger partial charge in [-0.25, -0.2) is 4.79 Å². The molecule has 0 saturated carbocycles. The van der Waals surface area contributed by atoms with Crippen molar-refractivity contribution in [3.8, 4) is 16.9 Å². The van der Waals surface area contributed by atoms with Gasteiger partial charge in [-0.3, -0.25) is 0 Å². The van der Waals surface area contributed by atoms with Crippen molar-refractivity contribution in [2.45, 2.75) is 13.3 Å². The number of benzene rings is 1. The Bertz CT molecular complexity index is 558. The van der Waals surface area contributed by atoms with E-state index in [-0.39, 0.29) is 11.4 Å². The van der Waals surface area contributed by atoms with Crippen LogP contribution in [-0.4, -0.2) is 21.2 Å². The lowest BCUT2D eigenvalue weighted by molar-refractivity contribution is 0.0692. The number of aromatic amines is 1. The minimum Gasteiger partial charge on any atom is -0.508 e. The Morgan fingerprint density at radius 2 is 2.12 bits per heavy atom. The minimum absolute atomic E-state index is 0.123. The lowest BCUT2D eigenvalue weighted by atomic mass is 10.1. The lowest BCUT2D eigenvalue weighted by Gasteiger charge is -2.00. The zero-order valence-corrected chi connectivity index (χ0v) is 9.40. The highest BCUT2D eigenvalue weighted by Gasteiger charge is 2.15. The molecule has 17 heavy (non-hydrogen) atoms. The van der Waals surface area contributed by atoms with Gasteiger partial charge in [0.15, 0.2) is 0 Å². The average Bonchev–Trinajstić information content (AvgIpc) is 2.73. The number of carbonyl (C=O) groups is 1. The topological polar surface area (TPSA) is 73.3 Å². The van der Waals surface area contributed by atoms with Gasteiger partial charge in [-0.2, -0.15) is 0 Å². The number of carboxylic acid groups (broad SMARTS) is 1. The van der Waals surface area contributed by atoms with E-state index in [1.807, 2.05) is 6.92 Å². The summed E-state index contributed by atoms with van der Waals surface area (Å²) < 4.78 is 0. The van der Waals surface area contributed by atoms with E-state index in [1.165, 1.54) is 0 Å². The molecule has 88 valence electrons. The van der Waals surface area contributed by atoms with Gasteiger partial charge in [0.25, 0.3) is 0 Å². The van der Waals surface area contributed by atoms with Gasteiger partial charge in [0.05, 0.1) is 0 Å². The fourth-order valence-electron chi connectivity index (χ4n) is 1.77. The molecule has 3 N–H and O–H groups in total. The predicted molar refractivity (Wildman–Crippen MR) is 64.2 cm³/mol. The van der Waals surface area contributed by atoms with Gasteiger partial charge in [0, 0.05) is 11.3 Å². The molecule has 1 aromatic carbocycles. The number of phenols is 1. The zero-order valence-electron chi connectivity index (χ0n) is 9.40. The third-order valence-corrected chi connectivity index (χ3v) is 2.63. The van der Waals surface area contributed by atoms with Crippen LogP contribution in [0.4, 0.5) is 0 Å². The van der Waals surface area contributed by atoms with E-state index in [4.69, 9.17) is 5.11 Å². The second-order valence-electron chi connectivity index (χ2n) is 3.79. The van der Waals surface area contributed by atoms with Crippen LogP contribution in [0.15, 0.2) is 30.3 Å². The molecule has 0 bridgehead atoms. The number of aromatic hydroxyl groups is 1. The normalized spacial score (nSPS) is 10.4. The summed E-state index contributed by atoms with van der Waals surface area (Å²) in [4.78, 5) is 14.0. The van der Waals surface area contributed by atoms with E-state index in [1.54, 1.807) is 30.3 Å². The molecule has 1 aromatic heterocycles. The van der Waals surface area contributed by atoms with Gasteiger partial charge < -0.3 is 15.2 Å². The number of nitrogens with one attached hydrogen (secondary N) is 1. The summed E-state index contributed by atoms with van der Waals surface area (Å²) in [6.45, 7) is 1.95. The summed E-state index contributed by atoms with van der Waals surface area (Å²) >= 11 is 0. The van der Waals surface area contributed by atoms with Crippen molar-refractivity contribution in [2.75, 3.05) is 0 Å². The van der Waals surface area contributed by atoms with Crippen molar-refractivity contribution in [1.82, 2.24) is 4.98 Å². The largest absolute Gasteiger partial charge is 0.508 e. The number of hydrogen-bond donors (Lipinski definition) is 3. The summed E-state index contributed by atoms with van der Waals surface area (Å²) in [6.07, 6.45) is 0.735. The molecule has 2 rings (SSSR count). The van der Waals surface area contributed by atoms with E-state index in [0.717, 1.165) is 12.1 Å². The Balaban J connectivity index is 2.57. The molecule has 2 aromatic rings. The summed E-state index contributed by atoms with van der Waals surface area (Å²) in [6, 6.07) is 8.37. The van der Waals surface area contributed by atoms with Crippen molar-refractivity contribution >= 4 is 5.97 Å². The molecule has 0 atom stereocenters. The van der Waals surface area contributed by atoms with Gasteiger partial charge in [-0.1, -0.05) is 19.1 Å². The molecular formula is C13H13NO3. The van der Waals surface area contributed by atoms with Gasteiger partial charge in [0.2, 0.25) is 0 Å². The molecule has 0 saturated heterocycles. The van der Waals surface area contributed by atoms with Crippen LogP contribution in [0.3, 0.4) is 0 Å². The van der Waals surface area contributed by atoms with E-state index < -0.39 is 5.97 Å². The summed E-state index contributed by atoms with van der Waals surface area (Å²) in [5.41, 5.74) is 2.32. The van der Waals surface area contributed by atoms with E-state index in [2.05, 4.69) is 4.98 Å². The van der Waals surface area contributed by atoms with Gasteiger partial charge in [0.1, 0.15) is 11.4 Å². The molecule has 4 heteroatoms. The van der Waals surface area contributed by atoms with Gasteiger partial charge in [-0.05, 0) is 30.2 Å². The maximum Gasteiger partial charge on any atom is 0.352 e. The van der Waals surface area contributed by atoms with Crippen LogP contribution in [0.25, 0.3) is 11.1 Å². The molecule has 0 radical (unpaired) electrons. The number of carboxylic acids is 1. The van der Waals surface area contributed by atoms with Crippen LogP contribution < -0.4 is 0 Å². The molecule has 1 heterocycles. The van der Waals surface area contributed by atoms with Crippen molar-refractivity contribution in [3.05, 3.63) is 41.7 Å². The first-order chi connectivity index (χ1) is 8.11. The number of aromatic carboxylic acids is 1. The van der Waals surface area contributed by atoms with Crippen molar-refractivity contribution in [2.24, 2.45) is 0 Å². The molecule has 0 aliphatic carbocycles. The second-order valence-corrected chi connectivity index (χ2v) is 3.79. The van der Waals surface area contributed by atoms with Crippen LogP contribution >= 0.6 is 0 Å². The van der Waals surface area contributed by atoms with Crippen molar-refractivity contribution < 1.29 is 15.0 Å². The van der Waals surface area contributed by atoms with Crippen LogP contribution in [0.2, 0.25) is 0 Å². The average molecular weight is 231 g/mol. The van der Waals surface area contributed by atoms with E-state index in [9.17, 15) is 9.90 Å². The molecule has 0 aliphatic heterocycles. The summed E-state index contributed by atoms with van der Waals surface area (Å²) in [5.74, 6) is -0.874. The Morgan fingerprint density at radius 1 is 1.35 bits per heavy atom. The fraction of sp³-hybridized carbons (Fsp3) is 0.154. The maximum atomic E-state index is 11.1. The Labute approximate surface area is 98.5 Å². The Kier molecular flexibility index (Phi) is 2.87. The SMILES string of the molecule is CCc1cc(-c2cccc(O)c2)c(C(=O)O)[nH]1. The summed E-state index contributed by atoms with van der Waals surface area (Å²) in [5, 5.41) is 18.5. The predicted octanol–water partition coefficient (Wildman–Crippen LogP) is 2.65. The number of phenolic OH excluding ortho intramolecular Hbond substituents is 1. The molecule has 0 spiro atoms. The van der Waals surface area contributed by atoms with Crippen LogP contribution in [0.5, 0.6) is 5.75 Å². The first-order valence-electron chi connectivity index (χ1n) is 5.36. The number of H-pyrrole nitrogens is 1. The highest BCUT2D eigenvalue weighted by atomic mass is 16.4. The Morgan fingerprint density at radius 3 is 2.71 bits per heavy atom. The summed E-state index contributed by atoms with van der Waals surface area (Å²) in [7, 11) is 0. The fourth-order valence-corrected chi connectivity index (χ4v) is 1.77. The molecule has 4 nitrogen and oxygen atoms in total. The third kappa shape index (κ3) is 2.15. The second kappa shape index (κ2) is 4.33. The van der Waals surface area contributed by atoms with E-state index in [0.29, 0.717) is 11.1 Å². The van der Waals surface area contributed by atoms with Crippen LogP contribution in [-0.2, 0) is 6.42 Å².